The Morgan fingerprint density at radius 1 is 0.917 bits per heavy atom. The molecule has 36 heavy (non-hydrogen) atoms. The summed E-state index contributed by atoms with van der Waals surface area (Å²) in [6.07, 6.45) is 1.88. The number of carbonyl (C=O) groups excluding carboxylic acids is 2. The third-order valence-electron chi connectivity index (χ3n) is 6.22. The van der Waals surface area contributed by atoms with E-state index < -0.39 is 17.9 Å². The van der Waals surface area contributed by atoms with Crippen LogP contribution in [-0.4, -0.2) is 43.4 Å². The molecule has 0 unspecified atom stereocenters. The first kappa shape index (κ1) is 23.0. The summed E-state index contributed by atoms with van der Waals surface area (Å²) in [4.78, 5) is 43.2. The van der Waals surface area contributed by atoms with Crippen LogP contribution in [0.1, 0.15) is 28.5 Å². The number of amides is 2. The molecule has 0 spiro atoms. The summed E-state index contributed by atoms with van der Waals surface area (Å²) >= 11 is 0. The molecule has 0 aliphatic carbocycles. The average molecular weight is 481 g/mol. The van der Waals surface area contributed by atoms with Gasteiger partial charge in [0.15, 0.2) is 0 Å². The highest BCUT2D eigenvalue weighted by molar-refractivity contribution is 5.96. The summed E-state index contributed by atoms with van der Waals surface area (Å²) in [5, 5.41) is 12.6. The largest absolute Gasteiger partial charge is 0.480 e. The van der Waals surface area contributed by atoms with Crippen molar-refractivity contribution in [3.05, 3.63) is 102 Å². The van der Waals surface area contributed by atoms with Gasteiger partial charge in [0.1, 0.15) is 17.6 Å². The fourth-order valence-corrected chi connectivity index (χ4v) is 4.48. The lowest BCUT2D eigenvalue weighted by atomic mass is 9.94. The van der Waals surface area contributed by atoms with Crippen molar-refractivity contribution in [3.63, 3.8) is 0 Å². The number of hydrogen-bond donors (Lipinski definition) is 2. The number of nitrogens with one attached hydrogen (secondary N) is 1. The molecule has 2 heterocycles. The second-order valence-electron chi connectivity index (χ2n) is 8.67. The molecule has 0 radical (unpaired) electrons. The van der Waals surface area contributed by atoms with Gasteiger partial charge >= 0.3 is 5.97 Å². The molecule has 180 valence electrons. The van der Waals surface area contributed by atoms with Gasteiger partial charge in [-0.3, -0.25) is 14.2 Å². The van der Waals surface area contributed by atoms with E-state index in [1.165, 1.54) is 11.8 Å². The number of hydrogen-bond acceptors (Lipinski definition) is 4. The summed E-state index contributed by atoms with van der Waals surface area (Å²) in [6, 6.07) is 23.3. The first-order chi connectivity index (χ1) is 17.4. The van der Waals surface area contributed by atoms with E-state index in [1.807, 2.05) is 66.7 Å². The Bertz CT molecular complexity index is 1440. The van der Waals surface area contributed by atoms with Crippen LogP contribution in [0.5, 0.6) is 0 Å². The molecule has 0 saturated heterocycles. The molecule has 1 aliphatic heterocycles. The zero-order chi connectivity index (χ0) is 25.2. The van der Waals surface area contributed by atoms with Gasteiger partial charge in [-0.1, -0.05) is 54.6 Å². The molecule has 1 aromatic heterocycles. The number of benzene rings is 3. The molecule has 5 rings (SSSR count). The third-order valence-corrected chi connectivity index (χ3v) is 6.22. The Hall–Kier alpha value is -4.72. The molecule has 8 nitrogen and oxygen atoms in total. The molecule has 1 atom stereocenters. The van der Waals surface area contributed by atoms with Gasteiger partial charge in [-0.15, -0.1) is 0 Å². The van der Waals surface area contributed by atoms with Gasteiger partial charge in [-0.2, -0.15) is 0 Å². The minimum Gasteiger partial charge on any atom is -0.480 e. The SMILES string of the molecule is CC(=O)Nc1ccc(-n2cc(C(=O)N3Cc4ccccc4C[C@H]3C(=O)O)nc2-c2ccccc2)cc1. The Morgan fingerprint density at radius 2 is 1.58 bits per heavy atom. The fourth-order valence-electron chi connectivity index (χ4n) is 4.48. The smallest absolute Gasteiger partial charge is 0.326 e. The maximum atomic E-state index is 13.7. The summed E-state index contributed by atoms with van der Waals surface area (Å²) in [5.41, 5.74) is 4.23. The zero-order valence-electron chi connectivity index (χ0n) is 19.6. The highest BCUT2D eigenvalue weighted by atomic mass is 16.4. The molecule has 2 N–H and O–H groups in total. The van der Waals surface area contributed by atoms with Gasteiger partial charge in [-0.05, 0) is 35.4 Å². The van der Waals surface area contributed by atoms with E-state index >= 15 is 0 Å². The van der Waals surface area contributed by atoms with Crippen molar-refractivity contribution in [1.82, 2.24) is 14.5 Å². The Labute approximate surface area is 207 Å². The zero-order valence-corrected chi connectivity index (χ0v) is 19.6. The van der Waals surface area contributed by atoms with E-state index in [0.29, 0.717) is 11.5 Å². The van der Waals surface area contributed by atoms with Crippen LogP contribution >= 0.6 is 0 Å². The van der Waals surface area contributed by atoms with E-state index in [1.54, 1.807) is 22.9 Å². The second-order valence-corrected chi connectivity index (χ2v) is 8.67. The molecule has 0 saturated carbocycles. The molecule has 0 fully saturated rings. The molecule has 3 aromatic carbocycles. The summed E-state index contributed by atoms with van der Waals surface area (Å²) < 4.78 is 1.80. The van der Waals surface area contributed by atoms with Crippen LogP contribution in [0, 0.1) is 0 Å². The number of rotatable bonds is 5. The predicted molar refractivity (Wildman–Crippen MR) is 135 cm³/mol. The average Bonchev–Trinajstić information content (AvgIpc) is 3.33. The molecule has 4 aromatic rings. The van der Waals surface area contributed by atoms with Crippen LogP contribution < -0.4 is 5.32 Å². The number of fused-ring (bicyclic) bond motifs is 1. The highest BCUT2D eigenvalue weighted by Crippen LogP contribution is 2.28. The van der Waals surface area contributed by atoms with Crippen molar-refractivity contribution < 1.29 is 19.5 Å². The van der Waals surface area contributed by atoms with Gasteiger partial charge in [0.2, 0.25) is 5.91 Å². The minimum absolute atomic E-state index is 0.158. The second kappa shape index (κ2) is 9.50. The molecular formula is C28H24N4O4. The van der Waals surface area contributed by atoms with E-state index in [-0.39, 0.29) is 24.6 Å². The van der Waals surface area contributed by atoms with Crippen molar-refractivity contribution in [3.8, 4) is 17.1 Å². The molecular weight excluding hydrogens is 456 g/mol. The Kier molecular flexibility index (Phi) is 6.08. The fraction of sp³-hybridized carbons (Fsp3) is 0.143. The van der Waals surface area contributed by atoms with Gasteiger partial charge in [0, 0.05) is 43.0 Å². The van der Waals surface area contributed by atoms with Gasteiger partial charge < -0.3 is 15.3 Å². The van der Waals surface area contributed by atoms with Crippen molar-refractivity contribution in [2.75, 3.05) is 5.32 Å². The van der Waals surface area contributed by atoms with E-state index in [2.05, 4.69) is 10.3 Å². The maximum absolute atomic E-state index is 13.7. The van der Waals surface area contributed by atoms with E-state index in [0.717, 1.165) is 22.4 Å². The van der Waals surface area contributed by atoms with Crippen LogP contribution in [-0.2, 0) is 22.6 Å². The first-order valence-electron chi connectivity index (χ1n) is 11.5. The van der Waals surface area contributed by atoms with Gasteiger partial charge in [-0.25, -0.2) is 9.78 Å². The van der Waals surface area contributed by atoms with Crippen LogP contribution in [0.15, 0.2) is 85.1 Å². The standard InChI is InChI=1S/C28H24N4O4/c1-18(33)29-22-11-13-23(14-12-22)31-17-24(30-26(31)19-7-3-2-4-8-19)27(34)32-16-21-10-6-5-9-20(21)15-25(32)28(35)36/h2-14,17,25H,15-16H2,1H3,(H,29,33)(H,35,36)/t25-/m0/s1. The summed E-state index contributed by atoms with van der Waals surface area (Å²) in [6.45, 7) is 1.64. The minimum atomic E-state index is -1.05. The number of imidazole rings is 1. The van der Waals surface area contributed by atoms with Crippen molar-refractivity contribution in [2.24, 2.45) is 0 Å². The quantitative estimate of drug-likeness (QED) is 0.447. The van der Waals surface area contributed by atoms with Gasteiger partial charge in [0.25, 0.3) is 5.91 Å². The van der Waals surface area contributed by atoms with Crippen LogP contribution in [0.4, 0.5) is 5.69 Å². The third kappa shape index (κ3) is 4.48. The number of anilines is 1. The molecule has 2 amide bonds. The lowest BCUT2D eigenvalue weighted by Gasteiger charge is -2.34. The van der Waals surface area contributed by atoms with E-state index in [4.69, 9.17) is 0 Å². The molecule has 8 heteroatoms. The van der Waals surface area contributed by atoms with Crippen molar-refractivity contribution in [2.45, 2.75) is 25.9 Å². The van der Waals surface area contributed by atoms with Crippen LogP contribution in [0.3, 0.4) is 0 Å². The topological polar surface area (TPSA) is 105 Å². The lowest BCUT2D eigenvalue weighted by molar-refractivity contribution is -0.142. The van der Waals surface area contributed by atoms with Crippen molar-refractivity contribution >= 4 is 23.5 Å². The Balaban J connectivity index is 1.55. The predicted octanol–water partition coefficient (Wildman–Crippen LogP) is 4.15. The van der Waals surface area contributed by atoms with Gasteiger partial charge in [0.05, 0.1) is 0 Å². The van der Waals surface area contributed by atoms with E-state index in [9.17, 15) is 19.5 Å². The summed E-state index contributed by atoms with van der Waals surface area (Å²) in [5.74, 6) is -1.10. The number of carboxylic acids is 1. The number of carbonyl (C=O) groups is 3. The highest BCUT2D eigenvalue weighted by Gasteiger charge is 2.36. The number of carboxylic acid groups (broad SMARTS) is 1. The molecule has 1 aliphatic rings. The van der Waals surface area contributed by atoms with Crippen LogP contribution in [0.2, 0.25) is 0 Å². The van der Waals surface area contributed by atoms with Crippen molar-refractivity contribution in [1.29, 1.82) is 0 Å². The number of aromatic nitrogens is 2. The number of nitrogens with zero attached hydrogens (tertiary/aromatic N) is 3. The number of aliphatic carboxylic acids is 1. The summed E-state index contributed by atoms with van der Waals surface area (Å²) in [7, 11) is 0. The lowest BCUT2D eigenvalue weighted by Crippen LogP contribution is -2.48. The maximum Gasteiger partial charge on any atom is 0.326 e. The first-order valence-corrected chi connectivity index (χ1v) is 11.5. The Morgan fingerprint density at radius 3 is 2.25 bits per heavy atom. The molecule has 0 bridgehead atoms. The monoisotopic (exact) mass is 480 g/mol. The van der Waals surface area contributed by atoms with Crippen LogP contribution in [0.25, 0.3) is 17.1 Å². The normalized spacial score (nSPS) is 14.7.